The summed E-state index contributed by atoms with van der Waals surface area (Å²) < 4.78 is 0. The lowest BCUT2D eigenvalue weighted by Gasteiger charge is -2.04. The van der Waals surface area contributed by atoms with Crippen molar-refractivity contribution >= 4 is 19.9 Å². The van der Waals surface area contributed by atoms with Crippen molar-refractivity contribution in [1.29, 1.82) is 0 Å². The lowest BCUT2D eigenvalue weighted by Crippen LogP contribution is -2.26. The first kappa shape index (κ1) is 12.9. The Morgan fingerprint density at radius 1 is 0.500 bits per heavy atom. The van der Waals surface area contributed by atoms with E-state index in [1.165, 1.54) is 21.5 Å². The molecule has 96 valence electrons. The van der Waals surface area contributed by atoms with Crippen molar-refractivity contribution in [3.63, 3.8) is 0 Å². The molecule has 3 aromatic rings. The summed E-state index contributed by atoms with van der Waals surface area (Å²) in [5.41, 5.74) is 2.74. The highest BCUT2D eigenvalue weighted by atomic mass is 28.2. The summed E-state index contributed by atoms with van der Waals surface area (Å²) >= 11 is 0. The van der Waals surface area contributed by atoms with Gasteiger partial charge in [-0.25, -0.2) is 0 Å². The molecule has 0 aromatic heterocycles. The van der Waals surface area contributed by atoms with Crippen molar-refractivity contribution in [2.24, 2.45) is 0 Å². The first-order valence-electron chi connectivity index (χ1n) is 6.85. The second-order valence-electron chi connectivity index (χ2n) is 4.85. The van der Waals surface area contributed by atoms with Crippen LogP contribution < -0.4 is 10.4 Å². The third kappa shape index (κ3) is 3.46. The van der Waals surface area contributed by atoms with E-state index in [1.54, 1.807) is 0 Å². The van der Waals surface area contributed by atoms with Gasteiger partial charge < -0.3 is 0 Å². The predicted octanol–water partition coefficient (Wildman–Crippen LogP) is 2.93. The molecule has 1 heteroatoms. The molecule has 0 amide bonds. The van der Waals surface area contributed by atoms with Gasteiger partial charge in [-0.2, -0.15) is 0 Å². The molecule has 0 aliphatic carbocycles. The SMILES string of the molecule is c1ccc(Cc2ccc([Si]c3ccccc3)cc2)cc1. The third-order valence-corrected chi connectivity index (χ3v) is 4.51. The second-order valence-corrected chi connectivity index (χ2v) is 6.26. The van der Waals surface area contributed by atoms with Gasteiger partial charge in [-0.1, -0.05) is 95.3 Å². The van der Waals surface area contributed by atoms with E-state index in [-0.39, 0.29) is 0 Å². The van der Waals surface area contributed by atoms with Crippen LogP contribution in [0.5, 0.6) is 0 Å². The molecular formula is C19H16Si. The van der Waals surface area contributed by atoms with E-state index in [2.05, 4.69) is 84.9 Å². The van der Waals surface area contributed by atoms with Crippen LogP contribution in [0, 0.1) is 0 Å². The molecule has 0 heterocycles. The molecule has 0 spiro atoms. The molecule has 0 N–H and O–H groups in total. The highest BCUT2D eigenvalue weighted by Crippen LogP contribution is 2.07. The van der Waals surface area contributed by atoms with Gasteiger partial charge in [0.2, 0.25) is 0 Å². The number of benzene rings is 3. The predicted molar refractivity (Wildman–Crippen MR) is 87.2 cm³/mol. The molecule has 0 aliphatic rings. The van der Waals surface area contributed by atoms with Gasteiger partial charge >= 0.3 is 0 Å². The second kappa shape index (κ2) is 6.35. The standard InChI is InChI=1S/C19H16Si/c1-3-7-16(8-4-1)15-17-11-13-19(14-12-17)20-18-9-5-2-6-10-18/h1-14H,15H2. The van der Waals surface area contributed by atoms with Gasteiger partial charge in [-0.3, -0.25) is 0 Å². The third-order valence-electron chi connectivity index (χ3n) is 3.27. The van der Waals surface area contributed by atoms with E-state index in [1.807, 2.05) is 0 Å². The van der Waals surface area contributed by atoms with Gasteiger partial charge in [0, 0.05) is 0 Å². The van der Waals surface area contributed by atoms with Crippen LogP contribution in [0.15, 0.2) is 84.9 Å². The highest BCUT2D eigenvalue weighted by molar-refractivity contribution is 6.67. The van der Waals surface area contributed by atoms with Crippen molar-refractivity contribution in [2.45, 2.75) is 6.42 Å². The maximum Gasteiger partial charge on any atom is 0.121 e. The molecule has 20 heavy (non-hydrogen) atoms. The van der Waals surface area contributed by atoms with Crippen LogP contribution in [0.4, 0.5) is 0 Å². The molecule has 3 aromatic carbocycles. The summed E-state index contributed by atoms with van der Waals surface area (Å²) in [6.07, 6.45) is 1.01. The Hall–Kier alpha value is -2.12. The van der Waals surface area contributed by atoms with Gasteiger partial charge in [0.15, 0.2) is 0 Å². The summed E-state index contributed by atoms with van der Waals surface area (Å²) in [6.45, 7) is 0. The van der Waals surface area contributed by atoms with E-state index >= 15 is 0 Å². The molecule has 3 rings (SSSR count). The van der Waals surface area contributed by atoms with E-state index in [4.69, 9.17) is 0 Å². The van der Waals surface area contributed by atoms with E-state index in [9.17, 15) is 0 Å². The van der Waals surface area contributed by atoms with Crippen molar-refractivity contribution in [2.75, 3.05) is 0 Å². The molecule has 0 nitrogen and oxygen atoms in total. The van der Waals surface area contributed by atoms with Crippen LogP contribution >= 0.6 is 0 Å². The molecule has 0 bridgehead atoms. The smallest absolute Gasteiger partial charge is 0.0631 e. The normalized spacial score (nSPS) is 10.4. The molecule has 2 radical (unpaired) electrons. The van der Waals surface area contributed by atoms with Crippen LogP contribution in [-0.2, 0) is 6.42 Å². The van der Waals surface area contributed by atoms with Gasteiger partial charge in [0.05, 0.1) is 0 Å². The zero-order chi connectivity index (χ0) is 13.6. The van der Waals surface area contributed by atoms with E-state index < -0.39 is 0 Å². The largest absolute Gasteiger partial charge is 0.121 e. The number of hydrogen-bond acceptors (Lipinski definition) is 0. The fraction of sp³-hybridized carbons (Fsp3) is 0.0526. The Morgan fingerprint density at radius 3 is 1.65 bits per heavy atom. The van der Waals surface area contributed by atoms with E-state index in [0.29, 0.717) is 0 Å². The van der Waals surface area contributed by atoms with Gasteiger partial charge in [-0.05, 0) is 17.5 Å². The quantitative estimate of drug-likeness (QED) is 0.641. The van der Waals surface area contributed by atoms with Crippen LogP contribution in [-0.4, -0.2) is 9.52 Å². The van der Waals surface area contributed by atoms with Crippen LogP contribution in [0.25, 0.3) is 0 Å². The van der Waals surface area contributed by atoms with Crippen molar-refractivity contribution in [3.05, 3.63) is 96.1 Å². The Kier molecular flexibility index (Phi) is 4.09. The lowest BCUT2D eigenvalue weighted by molar-refractivity contribution is 1.20. The van der Waals surface area contributed by atoms with Crippen LogP contribution in [0.3, 0.4) is 0 Å². The Balaban J connectivity index is 1.69. The first-order valence-corrected chi connectivity index (χ1v) is 7.85. The zero-order valence-corrected chi connectivity index (χ0v) is 12.3. The minimum Gasteiger partial charge on any atom is -0.0631 e. The Labute approximate surface area is 122 Å². The average molecular weight is 272 g/mol. The molecule has 0 unspecified atom stereocenters. The molecule has 0 saturated carbocycles. The van der Waals surface area contributed by atoms with Crippen LogP contribution in [0.1, 0.15) is 11.1 Å². The Morgan fingerprint density at radius 2 is 1.00 bits per heavy atom. The Bertz CT molecular complexity index is 582. The molecule has 0 atom stereocenters. The molecule has 0 saturated heterocycles. The first-order chi connectivity index (χ1) is 9.90. The van der Waals surface area contributed by atoms with Gasteiger partial charge in [0.1, 0.15) is 9.52 Å². The van der Waals surface area contributed by atoms with E-state index in [0.717, 1.165) is 15.9 Å². The molecular weight excluding hydrogens is 256 g/mol. The minimum absolute atomic E-state index is 0.741. The monoisotopic (exact) mass is 272 g/mol. The van der Waals surface area contributed by atoms with Crippen molar-refractivity contribution in [3.8, 4) is 0 Å². The fourth-order valence-electron chi connectivity index (χ4n) is 2.23. The minimum atomic E-state index is 0.741. The maximum atomic E-state index is 2.25. The summed E-state index contributed by atoms with van der Waals surface area (Å²) in [5, 5.41) is 2.79. The zero-order valence-electron chi connectivity index (χ0n) is 11.3. The maximum absolute atomic E-state index is 2.25. The number of hydrogen-bond donors (Lipinski definition) is 0. The fourth-order valence-corrected chi connectivity index (χ4v) is 3.25. The van der Waals surface area contributed by atoms with Gasteiger partial charge in [-0.15, -0.1) is 0 Å². The van der Waals surface area contributed by atoms with Crippen molar-refractivity contribution < 1.29 is 0 Å². The van der Waals surface area contributed by atoms with Crippen molar-refractivity contribution in [1.82, 2.24) is 0 Å². The summed E-state index contributed by atoms with van der Waals surface area (Å²) in [7, 11) is 0.741. The summed E-state index contributed by atoms with van der Waals surface area (Å²) in [6, 6.07) is 30.3. The summed E-state index contributed by atoms with van der Waals surface area (Å²) in [4.78, 5) is 0. The lowest BCUT2D eigenvalue weighted by atomic mass is 10.1. The molecule has 0 fully saturated rings. The number of rotatable bonds is 4. The van der Waals surface area contributed by atoms with Gasteiger partial charge in [0.25, 0.3) is 0 Å². The average Bonchev–Trinajstić information content (AvgIpc) is 2.51. The highest BCUT2D eigenvalue weighted by Gasteiger charge is 1.99. The topological polar surface area (TPSA) is 0 Å². The van der Waals surface area contributed by atoms with Crippen LogP contribution in [0.2, 0.25) is 0 Å². The summed E-state index contributed by atoms with van der Waals surface area (Å²) in [5.74, 6) is 0. The molecule has 0 aliphatic heterocycles.